The summed E-state index contributed by atoms with van der Waals surface area (Å²) in [7, 11) is 0. The van der Waals surface area contributed by atoms with Gasteiger partial charge >= 0.3 is 0 Å². The van der Waals surface area contributed by atoms with E-state index in [0.717, 1.165) is 12.8 Å². The molecule has 2 heteroatoms. The van der Waals surface area contributed by atoms with E-state index in [1.54, 1.807) is 0 Å². The predicted octanol–water partition coefficient (Wildman–Crippen LogP) is 0.949. The first-order chi connectivity index (χ1) is 4.63. The van der Waals surface area contributed by atoms with Gasteiger partial charge in [-0.15, -0.1) is 0 Å². The Bertz CT molecular complexity index is 138. The molecule has 1 atom stereocenters. The van der Waals surface area contributed by atoms with Gasteiger partial charge in [-0.05, 0) is 18.8 Å². The standard InChI is InChI=1S/C8H15NO/c1-5(2)7(9)8(10)6-3-4-6/h5-7H,3-4,9H2,1-2H3/t7-/m0/s1. The first kappa shape index (κ1) is 7.73. The van der Waals surface area contributed by atoms with E-state index < -0.39 is 0 Å². The van der Waals surface area contributed by atoms with Crippen molar-refractivity contribution in [3.8, 4) is 0 Å². The molecule has 0 radical (unpaired) electrons. The maximum absolute atomic E-state index is 11.2. The number of Topliss-reactive ketones (excluding diaryl/α,β-unsaturated/α-hetero) is 1. The summed E-state index contributed by atoms with van der Waals surface area (Å²) < 4.78 is 0. The Morgan fingerprint density at radius 1 is 1.50 bits per heavy atom. The van der Waals surface area contributed by atoms with Gasteiger partial charge in [-0.3, -0.25) is 4.79 Å². The second-order valence-corrected chi connectivity index (χ2v) is 3.45. The monoisotopic (exact) mass is 141 g/mol. The lowest BCUT2D eigenvalue weighted by Gasteiger charge is -2.12. The van der Waals surface area contributed by atoms with E-state index in [2.05, 4.69) is 0 Å². The molecule has 0 aromatic heterocycles. The van der Waals surface area contributed by atoms with Crippen molar-refractivity contribution in [3.05, 3.63) is 0 Å². The molecule has 1 aliphatic rings. The highest BCUT2D eigenvalue weighted by atomic mass is 16.1. The third kappa shape index (κ3) is 1.57. The van der Waals surface area contributed by atoms with Crippen LogP contribution in [-0.2, 0) is 4.79 Å². The molecule has 1 saturated carbocycles. The molecule has 0 aromatic carbocycles. The van der Waals surface area contributed by atoms with Crippen molar-refractivity contribution in [1.82, 2.24) is 0 Å². The lowest BCUT2D eigenvalue weighted by molar-refractivity contribution is -0.122. The molecular weight excluding hydrogens is 126 g/mol. The Labute approximate surface area is 61.8 Å². The quantitative estimate of drug-likeness (QED) is 0.636. The number of nitrogens with two attached hydrogens (primary N) is 1. The predicted molar refractivity (Wildman–Crippen MR) is 40.5 cm³/mol. The van der Waals surface area contributed by atoms with Gasteiger partial charge in [-0.25, -0.2) is 0 Å². The average molecular weight is 141 g/mol. The van der Waals surface area contributed by atoms with Crippen LogP contribution in [0, 0.1) is 11.8 Å². The van der Waals surface area contributed by atoms with Crippen LogP contribution in [-0.4, -0.2) is 11.8 Å². The highest BCUT2D eigenvalue weighted by molar-refractivity contribution is 5.88. The Kier molecular flexibility index (Phi) is 2.09. The summed E-state index contributed by atoms with van der Waals surface area (Å²) in [5.41, 5.74) is 5.65. The van der Waals surface area contributed by atoms with Crippen LogP contribution in [0.3, 0.4) is 0 Å². The molecule has 0 amide bonds. The van der Waals surface area contributed by atoms with Gasteiger partial charge in [0.25, 0.3) is 0 Å². The normalized spacial score (nSPS) is 21.2. The Morgan fingerprint density at radius 2 is 2.00 bits per heavy atom. The maximum atomic E-state index is 11.2. The van der Waals surface area contributed by atoms with Gasteiger partial charge in [0.05, 0.1) is 6.04 Å². The summed E-state index contributed by atoms with van der Waals surface area (Å²) in [6.07, 6.45) is 2.14. The molecule has 0 saturated heterocycles. The largest absolute Gasteiger partial charge is 0.321 e. The van der Waals surface area contributed by atoms with E-state index in [4.69, 9.17) is 5.73 Å². The molecule has 58 valence electrons. The van der Waals surface area contributed by atoms with E-state index in [0.29, 0.717) is 11.8 Å². The van der Waals surface area contributed by atoms with Crippen molar-refractivity contribution in [2.24, 2.45) is 17.6 Å². The second-order valence-electron chi connectivity index (χ2n) is 3.45. The van der Waals surface area contributed by atoms with Crippen molar-refractivity contribution >= 4 is 5.78 Å². The van der Waals surface area contributed by atoms with Gasteiger partial charge in [0.2, 0.25) is 0 Å². The molecule has 0 unspecified atom stereocenters. The van der Waals surface area contributed by atoms with Crippen molar-refractivity contribution in [2.75, 3.05) is 0 Å². The summed E-state index contributed by atoms with van der Waals surface area (Å²) in [6, 6.07) is -0.215. The Morgan fingerprint density at radius 3 is 2.30 bits per heavy atom. The number of carbonyl (C=O) groups is 1. The molecule has 10 heavy (non-hydrogen) atoms. The summed E-state index contributed by atoms with van der Waals surface area (Å²) in [6.45, 7) is 3.98. The molecule has 0 aliphatic heterocycles. The molecule has 1 fully saturated rings. The van der Waals surface area contributed by atoms with E-state index in [1.807, 2.05) is 13.8 Å². The van der Waals surface area contributed by atoms with Crippen LogP contribution in [0.5, 0.6) is 0 Å². The zero-order valence-corrected chi connectivity index (χ0v) is 6.63. The zero-order chi connectivity index (χ0) is 7.72. The minimum atomic E-state index is -0.215. The summed E-state index contributed by atoms with van der Waals surface area (Å²) >= 11 is 0. The van der Waals surface area contributed by atoms with E-state index >= 15 is 0 Å². The van der Waals surface area contributed by atoms with Gasteiger partial charge in [-0.1, -0.05) is 13.8 Å². The maximum Gasteiger partial charge on any atom is 0.152 e. The summed E-state index contributed by atoms with van der Waals surface area (Å²) in [5.74, 6) is 0.889. The summed E-state index contributed by atoms with van der Waals surface area (Å²) in [4.78, 5) is 11.2. The highest BCUT2D eigenvalue weighted by Crippen LogP contribution is 2.31. The molecular formula is C8H15NO. The van der Waals surface area contributed by atoms with Crippen molar-refractivity contribution in [1.29, 1.82) is 0 Å². The van der Waals surface area contributed by atoms with Gasteiger partial charge in [0, 0.05) is 5.92 Å². The number of hydrogen-bond acceptors (Lipinski definition) is 2. The molecule has 2 N–H and O–H groups in total. The molecule has 0 heterocycles. The second kappa shape index (κ2) is 2.70. The minimum Gasteiger partial charge on any atom is -0.321 e. The summed E-state index contributed by atoms with van der Waals surface area (Å²) in [5, 5.41) is 0. The van der Waals surface area contributed by atoms with E-state index in [9.17, 15) is 4.79 Å². The SMILES string of the molecule is CC(C)[C@H](N)C(=O)C1CC1. The van der Waals surface area contributed by atoms with Gasteiger partial charge in [-0.2, -0.15) is 0 Å². The minimum absolute atomic E-state index is 0.215. The molecule has 2 nitrogen and oxygen atoms in total. The molecule has 0 spiro atoms. The van der Waals surface area contributed by atoms with Crippen LogP contribution in [0.2, 0.25) is 0 Å². The number of ketones is 1. The van der Waals surface area contributed by atoms with Crippen LogP contribution in [0.15, 0.2) is 0 Å². The first-order valence-corrected chi connectivity index (χ1v) is 3.92. The van der Waals surface area contributed by atoms with Crippen molar-refractivity contribution < 1.29 is 4.79 Å². The van der Waals surface area contributed by atoms with Gasteiger partial charge in [0.1, 0.15) is 0 Å². The number of hydrogen-bond donors (Lipinski definition) is 1. The van der Waals surface area contributed by atoms with Crippen LogP contribution in [0.4, 0.5) is 0 Å². The molecule has 0 bridgehead atoms. The lowest BCUT2D eigenvalue weighted by atomic mass is 9.98. The smallest absolute Gasteiger partial charge is 0.152 e. The number of carbonyl (C=O) groups excluding carboxylic acids is 1. The Hall–Kier alpha value is -0.370. The van der Waals surface area contributed by atoms with Gasteiger partial charge < -0.3 is 5.73 Å². The molecule has 0 aromatic rings. The van der Waals surface area contributed by atoms with E-state index in [-0.39, 0.29) is 11.8 Å². The van der Waals surface area contributed by atoms with Crippen LogP contribution in [0.25, 0.3) is 0 Å². The average Bonchev–Trinajstić information content (AvgIpc) is 2.65. The number of rotatable bonds is 3. The lowest BCUT2D eigenvalue weighted by Crippen LogP contribution is -2.36. The van der Waals surface area contributed by atoms with Crippen LogP contribution >= 0.6 is 0 Å². The third-order valence-electron chi connectivity index (χ3n) is 2.03. The fourth-order valence-corrected chi connectivity index (χ4v) is 0.969. The van der Waals surface area contributed by atoms with Crippen LogP contribution < -0.4 is 5.73 Å². The van der Waals surface area contributed by atoms with Crippen LogP contribution in [0.1, 0.15) is 26.7 Å². The highest BCUT2D eigenvalue weighted by Gasteiger charge is 2.33. The first-order valence-electron chi connectivity index (χ1n) is 3.92. The van der Waals surface area contributed by atoms with E-state index in [1.165, 1.54) is 0 Å². The Balaban J connectivity index is 2.38. The molecule has 1 aliphatic carbocycles. The third-order valence-corrected chi connectivity index (χ3v) is 2.03. The van der Waals surface area contributed by atoms with Crippen molar-refractivity contribution in [2.45, 2.75) is 32.7 Å². The fraction of sp³-hybridized carbons (Fsp3) is 0.875. The molecule has 1 rings (SSSR count). The topological polar surface area (TPSA) is 43.1 Å². The zero-order valence-electron chi connectivity index (χ0n) is 6.63. The van der Waals surface area contributed by atoms with Gasteiger partial charge in [0.15, 0.2) is 5.78 Å². The fourth-order valence-electron chi connectivity index (χ4n) is 0.969. The van der Waals surface area contributed by atoms with Crippen molar-refractivity contribution in [3.63, 3.8) is 0 Å².